The molecule has 0 radical (unpaired) electrons. The molecule has 2 N–H and O–H groups in total. The molecule has 3 aromatic carbocycles. The maximum Gasteiger partial charge on any atom is 0.0653 e. The first-order valence-electron chi connectivity index (χ1n) is 7.70. The fraction of sp³-hybridized carbons (Fsp3) is 0.0500. The third-order valence-electron chi connectivity index (χ3n) is 4.05. The van der Waals surface area contributed by atoms with Crippen molar-refractivity contribution < 1.29 is 0 Å². The number of aromatic nitrogens is 2. The van der Waals surface area contributed by atoms with Crippen molar-refractivity contribution in [2.45, 2.75) is 6.54 Å². The highest BCUT2D eigenvalue weighted by molar-refractivity contribution is 5.81. The van der Waals surface area contributed by atoms with Crippen LogP contribution in [-0.4, -0.2) is 10.2 Å². The molecule has 112 valence electrons. The van der Waals surface area contributed by atoms with Gasteiger partial charge in [0, 0.05) is 17.6 Å². The Hall–Kier alpha value is -3.07. The lowest BCUT2D eigenvalue weighted by atomic mass is 10.1. The fourth-order valence-corrected chi connectivity index (χ4v) is 2.79. The lowest BCUT2D eigenvalue weighted by molar-refractivity contribution is 1.12. The molecule has 0 fully saturated rings. The Morgan fingerprint density at radius 1 is 0.783 bits per heavy atom. The van der Waals surface area contributed by atoms with Gasteiger partial charge in [0.25, 0.3) is 0 Å². The molecule has 0 saturated carbocycles. The van der Waals surface area contributed by atoms with Crippen LogP contribution in [0.15, 0.2) is 79.0 Å². The zero-order chi connectivity index (χ0) is 15.5. The summed E-state index contributed by atoms with van der Waals surface area (Å²) in [6.45, 7) is 0.779. The first kappa shape index (κ1) is 13.6. The minimum absolute atomic E-state index is 0.779. The molecule has 23 heavy (non-hydrogen) atoms. The predicted octanol–water partition coefficient (Wildman–Crippen LogP) is 4.84. The van der Waals surface area contributed by atoms with E-state index in [-0.39, 0.29) is 0 Å². The van der Waals surface area contributed by atoms with Crippen LogP contribution < -0.4 is 5.32 Å². The highest BCUT2D eigenvalue weighted by Gasteiger charge is 2.02. The summed E-state index contributed by atoms with van der Waals surface area (Å²) in [6.07, 6.45) is 1.88. The minimum atomic E-state index is 0.779. The van der Waals surface area contributed by atoms with Gasteiger partial charge >= 0.3 is 0 Å². The maximum absolute atomic E-state index is 4.11. The van der Waals surface area contributed by atoms with Gasteiger partial charge in [0.15, 0.2) is 0 Å². The topological polar surface area (TPSA) is 40.7 Å². The van der Waals surface area contributed by atoms with Crippen molar-refractivity contribution in [1.29, 1.82) is 0 Å². The molecular formula is C20H17N3. The van der Waals surface area contributed by atoms with Gasteiger partial charge in [0.05, 0.1) is 11.7 Å². The number of fused-ring (bicyclic) bond motifs is 1. The summed E-state index contributed by atoms with van der Waals surface area (Å²) in [5.41, 5.74) is 5.90. The van der Waals surface area contributed by atoms with Gasteiger partial charge in [-0.05, 0) is 34.9 Å². The van der Waals surface area contributed by atoms with Crippen LogP contribution in [0.25, 0.3) is 22.0 Å². The van der Waals surface area contributed by atoms with Crippen LogP contribution in [0.2, 0.25) is 0 Å². The molecule has 0 unspecified atom stereocenters. The molecule has 0 spiro atoms. The van der Waals surface area contributed by atoms with E-state index >= 15 is 0 Å². The number of aromatic amines is 1. The standard InChI is InChI=1S/C20H17N3/c1-2-5-15(6-3-1)16-9-11-18(12-10-16)21-13-17-7-4-8-20-19(17)14-22-23-20/h1-12,14,21H,13H2,(H,22,23). The minimum Gasteiger partial charge on any atom is -0.381 e. The zero-order valence-electron chi connectivity index (χ0n) is 12.7. The predicted molar refractivity (Wildman–Crippen MR) is 95.3 cm³/mol. The second-order valence-corrected chi connectivity index (χ2v) is 5.55. The van der Waals surface area contributed by atoms with Crippen molar-refractivity contribution >= 4 is 16.6 Å². The van der Waals surface area contributed by atoms with Crippen molar-refractivity contribution in [3.05, 3.63) is 84.6 Å². The number of nitrogens with one attached hydrogen (secondary N) is 2. The second kappa shape index (κ2) is 5.97. The summed E-state index contributed by atoms with van der Waals surface area (Å²) >= 11 is 0. The molecule has 3 heteroatoms. The van der Waals surface area contributed by atoms with E-state index in [0.29, 0.717) is 0 Å². The Labute approximate surface area is 135 Å². The number of nitrogens with zero attached hydrogens (tertiary/aromatic N) is 1. The molecule has 0 amide bonds. The van der Waals surface area contributed by atoms with E-state index in [9.17, 15) is 0 Å². The van der Waals surface area contributed by atoms with Gasteiger partial charge in [-0.15, -0.1) is 0 Å². The summed E-state index contributed by atoms with van der Waals surface area (Å²) in [7, 11) is 0. The first-order chi connectivity index (χ1) is 11.4. The monoisotopic (exact) mass is 299 g/mol. The van der Waals surface area contributed by atoms with Gasteiger partial charge in [-0.2, -0.15) is 5.10 Å². The van der Waals surface area contributed by atoms with Gasteiger partial charge in [0.1, 0.15) is 0 Å². The Balaban J connectivity index is 1.50. The maximum atomic E-state index is 4.11. The Bertz CT molecular complexity index is 908. The highest BCUT2D eigenvalue weighted by Crippen LogP contribution is 2.22. The highest BCUT2D eigenvalue weighted by atomic mass is 15.1. The van der Waals surface area contributed by atoms with Gasteiger partial charge in [-0.25, -0.2) is 0 Å². The van der Waals surface area contributed by atoms with Crippen LogP contribution in [0.5, 0.6) is 0 Å². The number of hydrogen-bond donors (Lipinski definition) is 2. The zero-order valence-corrected chi connectivity index (χ0v) is 12.7. The molecular weight excluding hydrogens is 282 g/mol. The molecule has 1 aromatic heterocycles. The third kappa shape index (κ3) is 2.81. The normalized spacial score (nSPS) is 10.8. The molecule has 0 atom stereocenters. The van der Waals surface area contributed by atoms with E-state index in [1.54, 1.807) is 0 Å². The van der Waals surface area contributed by atoms with E-state index in [1.165, 1.54) is 22.1 Å². The van der Waals surface area contributed by atoms with Crippen molar-refractivity contribution in [3.8, 4) is 11.1 Å². The smallest absolute Gasteiger partial charge is 0.0653 e. The summed E-state index contributed by atoms with van der Waals surface area (Å²) in [5, 5.41) is 11.8. The van der Waals surface area contributed by atoms with E-state index in [1.807, 2.05) is 18.3 Å². The Morgan fingerprint density at radius 3 is 2.39 bits per heavy atom. The molecule has 0 aliphatic rings. The largest absolute Gasteiger partial charge is 0.381 e. The van der Waals surface area contributed by atoms with E-state index in [2.05, 4.69) is 76.2 Å². The number of anilines is 1. The number of rotatable bonds is 4. The van der Waals surface area contributed by atoms with Gasteiger partial charge in [0.2, 0.25) is 0 Å². The molecule has 4 rings (SSSR count). The fourth-order valence-electron chi connectivity index (χ4n) is 2.79. The molecule has 1 heterocycles. The summed E-state index contributed by atoms with van der Waals surface area (Å²) in [5.74, 6) is 0. The van der Waals surface area contributed by atoms with E-state index in [4.69, 9.17) is 0 Å². The summed E-state index contributed by atoms with van der Waals surface area (Å²) in [6, 6.07) is 25.2. The van der Waals surface area contributed by atoms with Gasteiger partial charge in [-0.3, -0.25) is 5.10 Å². The van der Waals surface area contributed by atoms with Crippen molar-refractivity contribution in [2.24, 2.45) is 0 Å². The van der Waals surface area contributed by atoms with Crippen LogP contribution >= 0.6 is 0 Å². The first-order valence-corrected chi connectivity index (χ1v) is 7.70. The summed E-state index contributed by atoms with van der Waals surface area (Å²) in [4.78, 5) is 0. The van der Waals surface area contributed by atoms with Crippen LogP contribution in [0.1, 0.15) is 5.56 Å². The molecule has 4 aromatic rings. The summed E-state index contributed by atoms with van der Waals surface area (Å²) < 4.78 is 0. The van der Waals surface area contributed by atoms with Crippen molar-refractivity contribution in [2.75, 3.05) is 5.32 Å². The van der Waals surface area contributed by atoms with Crippen molar-refractivity contribution in [1.82, 2.24) is 10.2 Å². The van der Waals surface area contributed by atoms with E-state index < -0.39 is 0 Å². The Morgan fingerprint density at radius 2 is 1.57 bits per heavy atom. The second-order valence-electron chi connectivity index (χ2n) is 5.55. The van der Waals surface area contributed by atoms with Gasteiger partial charge in [-0.1, -0.05) is 54.6 Å². The van der Waals surface area contributed by atoms with Gasteiger partial charge < -0.3 is 5.32 Å². The van der Waals surface area contributed by atoms with Crippen LogP contribution in [0.3, 0.4) is 0 Å². The molecule has 0 bridgehead atoms. The van der Waals surface area contributed by atoms with Crippen LogP contribution in [-0.2, 0) is 6.54 Å². The number of hydrogen-bond acceptors (Lipinski definition) is 2. The molecule has 3 nitrogen and oxygen atoms in total. The molecule has 0 aliphatic carbocycles. The quantitative estimate of drug-likeness (QED) is 0.566. The average Bonchev–Trinajstić information content (AvgIpc) is 3.10. The SMILES string of the molecule is c1ccc(-c2ccc(NCc3cccc4[nH]ncc34)cc2)cc1. The lowest BCUT2D eigenvalue weighted by Gasteiger charge is -2.09. The average molecular weight is 299 g/mol. The number of benzene rings is 3. The van der Waals surface area contributed by atoms with Crippen LogP contribution in [0.4, 0.5) is 5.69 Å². The molecule has 0 saturated heterocycles. The van der Waals surface area contributed by atoms with Crippen molar-refractivity contribution in [3.63, 3.8) is 0 Å². The molecule has 0 aliphatic heterocycles. The van der Waals surface area contributed by atoms with E-state index in [0.717, 1.165) is 17.7 Å². The van der Waals surface area contributed by atoms with Crippen LogP contribution in [0, 0.1) is 0 Å². The number of H-pyrrole nitrogens is 1. The third-order valence-corrected chi connectivity index (χ3v) is 4.05. The Kier molecular flexibility index (Phi) is 3.53. The lowest BCUT2D eigenvalue weighted by Crippen LogP contribution is -1.99.